The number of carbonyl (C=O) groups excluding carboxylic acids is 2. The maximum absolute atomic E-state index is 12.0. The number of benzene rings is 1. The average molecular weight is 288 g/mol. The standard InChI is InChI=1S/C15H20N4O2/c1-11(14(20)17-2)10-19(3)15(21)18-13-6-4-12(5-7-13)8-9-16/h4-7,11H,8,10H2,1-3H3,(H,17,20)(H,18,21)/t11-/m1/s1. The van der Waals surface area contributed by atoms with Crippen molar-refractivity contribution in [3.05, 3.63) is 29.8 Å². The molecule has 6 nitrogen and oxygen atoms in total. The van der Waals surface area contributed by atoms with E-state index in [1.807, 2.05) is 0 Å². The average Bonchev–Trinajstić information content (AvgIpc) is 2.48. The first kappa shape index (κ1) is 16.5. The molecule has 0 aliphatic carbocycles. The summed E-state index contributed by atoms with van der Waals surface area (Å²) in [6.07, 6.45) is 0.345. The van der Waals surface area contributed by atoms with E-state index in [1.54, 1.807) is 45.3 Å². The quantitative estimate of drug-likeness (QED) is 0.863. The van der Waals surface area contributed by atoms with E-state index in [0.717, 1.165) is 5.56 Å². The first-order valence-corrected chi connectivity index (χ1v) is 6.67. The summed E-state index contributed by atoms with van der Waals surface area (Å²) in [5, 5.41) is 13.9. The number of nitriles is 1. The van der Waals surface area contributed by atoms with Gasteiger partial charge in [0.15, 0.2) is 0 Å². The molecule has 0 radical (unpaired) electrons. The highest BCUT2D eigenvalue weighted by atomic mass is 16.2. The van der Waals surface area contributed by atoms with Crippen LogP contribution in [-0.2, 0) is 11.2 Å². The van der Waals surface area contributed by atoms with E-state index in [2.05, 4.69) is 16.7 Å². The third-order valence-corrected chi connectivity index (χ3v) is 3.08. The summed E-state index contributed by atoms with van der Waals surface area (Å²) in [4.78, 5) is 24.9. The minimum Gasteiger partial charge on any atom is -0.359 e. The van der Waals surface area contributed by atoms with E-state index >= 15 is 0 Å². The van der Waals surface area contributed by atoms with Gasteiger partial charge in [-0.1, -0.05) is 19.1 Å². The topological polar surface area (TPSA) is 85.2 Å². The van der Waals surface area contributed by atoms with Crippen molar-refractivity contribution >= 4 is 17.6 Å². The Morgan fingerprint density at radius 1 is 1.33 bits per heavy atom. The summed E-state index contributed by atoms with van der Waals surface area (Å²) in [6, 6.07) is 8.88. The molecule has 112 valence electrons. The molecule has 0 bridgehead atoms. The van der Waals surface area contributed by atoms with Crippen LogP contribution in [-0.4, -0.2) is 37.5 Å². The van der Waals surface area contributed by atoms with Crippen LogP contribution in [0.2, 0.25) is 0 Å². The van der Waals surface area contributed by atoms with Crippen LogP contribution in [0.3, 0.4) is 0 Å². The maximum atomic E-state index is 12.0. The highest BCUT2D eigenvalue weighted by Gasteiger charge is 2.17. The first-order valence-electron chi connectivity index (χ1n) is 6.67. The Kier molecular flexibility index (Phi) is 6.21. The lowest BCUT2D eigenvalue weighted by molar-refractivity contribution is -0.124. The summed E-state index contributed by atoms with van der Waals surface area (Å²) in [5.74, 6) is -0.376. The Bertz CT molecular complexity index is 534. The van der Waals surface area contributed by atoms with Gasteiger partial charge in [-0.25, -0.2) is 4.79 Å². The number of anilines is 1. The van der Waals surface area contributed by atoms with Gasteiger partial charge in [-0.2, -0.15) is 5.26 Å². The molecule has 0 unspecified atom stereocenters. The molecule has 6 heteroatoms. The van der Waals surface area contributed by atoms with Gasteiger partial charge in [-0.05, 0) is 17.7 Å². The number of hydrogen-bond donors (Lipinski definition) is 2. The van der Waals surface area contributed by atoms with Gasteiger partial charge in [-0.3, -0.25) is 4.79 Å². The molecule has 21 heavy (non-hydrogen) atoms. The molecule has 0 saturated heterocycles. The summed E-state index contributed by atoms with van der Waals surface area (Å²) in [5.41, 5.74) is 1.55. The Labute approximate surface area is 124 Å². The fourth-order valence-electron chi connectivity index (χ4n) is 1.84. The van der Waals surface area contributed by atoms with Crippen molar-refractivity contribution in [2.24, 2.45) is 5.92 Å². The zero-order valence-corrected chi connectivity index (χ0v) is 12.5. The monoisotopic (exact) mass is 288 g/mol. The molecular formula is C15H20N4O2. The van der Waals surface area contributed by atoms with Crippen LogP contribution in [0, 0.1) is 17.2 Å². The second-order valence-electron chi connectivity index (χ2n) is 4.86. The van der Waals surface area contributed by atoms with E-state index in [1.165, 1.54) is 4.90 Å². The molecule has 1 rings (SSSR count). The zero-order chi connectivity index (χ0) is 15.8. The summed E-state index contributed by atoms with van der Waals surface area (Å²) < 4.78 is 0. The van der Waals surface area contributed by atoms with Crippen LogP contribution in [0.1, 0.15) is 12.5 Å². The van der Waals surface area contributed by atoms with Crippen molar-refractivity contribution in [1.82, 2.24) is 10.2 Å². The molecular weight excluding hydrogens is 268 g/mol. The molecule has 1 atom stereocenters. The predicted molar refractivity (Wildman–Crippen MR) is 80.6 cm³/mol. The fourth-order valence-corrected chi connectivity index (χ4v) is 1.84. The van der Waals surface area contributed by atoms with Crippen molar-refractivity contribution in [2.75, 3.05) is 26.0 Å². The number of urea groups is 1. The Morgan fingerprint density at radius 3 is 2.48 bits per heavy atom. The second kappa shape index (κ2) is 7.90. The fraction of sp³-hybridized carbons (Fsp3) is 0.400. The highest BCUT2D eigenvalue weighted by Crippen LogP contribution is 2.11. The maximum Gasteiger partial charge on any atom is 0.321 e. The molecule has 3 amide bonds. The number of amides is 3. The number of nitrogens with one attached hydrogen (secondary N) is 2. The predicted octanol–water partition coefficient (Wildman–Crippen LogP) is 1.60. The molecule has 0 saturated carbocycles. The lowest BCUT2D eigenvalue weighted by atomic mass is 10.1. The largest absolute Gasteiger partial charge is 0.359 e. The number of nitrogens with zero attached hydrogens (tertiary/aromatic N) is 2. The van der Waals surface area contributed by atoms with Crippen molar-refractivity contribution in [3.63, 3.8) is 0 Å². The third-order valence-electron chi connectivity index (χ3n) is 3.08. The molecule has 0 aromatic heterocycles. The van der Waals surface area contributed by atoms with E-state index in [4.69, 9.17) is 5.26 Å². The zero-order valence-electron chi connectivity index (χ0n) is 12.5. The van der Waals surface area contributed by atoms with Gasteiger partial charge in [0.1, 0.15) is 0 Å². The molecule has 0 aliphatic rings. The molecule has 1 aromatic rings. The van der Waals surface area contributed by atoms with Crippen LogP contribution in [0.4, 0.5) is 10.5 Å². The molecule has 1 aromatic carbocycles. The smallest absolute Gasteiger partial charge is 0.321 e. The number of carbonyl (C=O) groups is 2. The van der Waals surface area contributed by atoms with E-state index in [0.29, 0.717) is 18.7 Å². The highest BCUT2D eigenvalue weighted by molar-refractivity contribution is 5.89. The van der Waals surface area contributed by atoms with Gasteiger partial charge in [0.2, 0.25) is 5.91 Å². The van der Waals surface area contributed by atoms with Crippen LogP contribution in [0.25, 0.3) is 0 Å². The van der Waals surface area contributed by atoms with Crippen LogP contribution >= 0.6 is 0 Å². The van der Waals surface area contributed by atoms with Gasteiger partial charge < -0.3 is 15.5 Å². The van der Waals surface area contributed by atoms with E-state index < -0.39 is 0 Å². The number of rotatable bonds is 5. The molecule has 0 aliphatic heterocycles. The van der Waals surface area contributed by atoms with Crippen LogP contribution < -0.4 is 10.6 Å². The normalized spacial score (nSPS) is 11.1. The SMILES string of the molecule is CNC(=O)[C@H](C)CN(C)C(=O)Nc1ccc(CC#N)cc1. The van der Waals surface area contributed by atoms with Crippen molar-refractivity contribution in [2.45, 2.75) is 13.3 Å². The Morgan fingerprint density at radius 2 is 1.95 bits per heavy atom. The summed E-state index contributed by atoms with van der Waals surface area (Å²) >= 11 is 0. The molecule has 2 N–H and O–H groups in total. The molecule has 0 fully saturated rings. The van der Waals surface area contributed by atoms with Crippen molar-refractivity contribution in [3.8, 4) is 6.07 Å². The van der Waals surface area contributed by atoms with E-state index in [9.17, 15) is 9.59 Å². The van der Waals surface area contributed by atoms with Crippen molar-refractivity contribution in [1.29, 1.82) is 5.26 Å². The van der Waals surface area contributed by atoms with Gasteiger partial charge in [0.25, 0.3) is 0 Å². The second-order valence-corrected chi connectivity index (χ2v) is 4.86. The van der Waals surface area contributed by atoms with Crippen molar-refractivity contribution < 1.29 is 9.59 Å². The molecule has 0 heterocycles. The van der Waals surface area contributed by atoms with E-state index in [-0.39, 0.29) is 17.9 Å². The molecule has 0 spiro atoms. The number of hydrogen-bond acceptors (Lipinski definition) is 3. The van der Waals surface area contributed by atoms with Gasteiger partial charge in [0.05, 0.1) is 18.4 Å². The first-order chi connectivity index (χ1) is 9.97. The Hall–Kier alpha value is -2.55. The van der Waals surface area contributed by atoms with Gasteiger partial charge in [-0.15, -0.1) is 0 Å². The van der Waals surface area contributed by atoms with Gasteiger partial charge in [0, 0.05) is 26.3 Å². The third kappa shape index (κ3) is 5.15. The lowest BCUT2D eigenvalue weighted by Gasteiger charge is -2.21. The summed E-state index contributed by atoms with van der Waals surface area (Å²) in [6.45, 7) is 2.09. The van der Waals surface area contributed by atoms with Crippen LogP contribution in [0.5, 0.6) is 0 Å². The summed E-state index contributed by atoms with van der Waals surface area (Å²) in [7, 11) is 3.21. The minimum atomic E-state index is -0.279. The van der Waals surface area contributed by atoms with Crippen LogP contribution in [0.15, 0.2) is 24.3 Å². The lowest BCUT2D eigenvalue weighted by Crippen LogP contribution is -2.39. The van der Waals surface area contributed by atoms with Gasteiger partial charge >= 0.3 is 6.03 Å². The minimum absolute atomic E-state index is 0.101. The Balaban J connectivity index is 2.56.